The van der Waals surface area contributed by atoms with Crippen LogP contribution in [0.4, 0.5) is 5.82 Å². The molecule has 7 nitrogen and oxygen atoms in total. The molecule has 5 rings (SSSR count). The zero-order valence-electron chi connectivity index (χ0n) is 23.5. The van der Waals surface area contributed by atoms with Gasteiger partial charge in [-0.3, -0.25) is 19.8 Å². The van der Waals surface area contributed by atoms with Crippen molar-refractivity contribution in [1.82, 2.24) is 24.8 Å². The Kier molecular flexibility index (Phi) is 7.75. The number of aromatic nitrogens is 3. The van der Waals surface area contributed by atoms with Crippen LogP contribution in [0.2, 0.25) is 0 Å². The largest absolute Gasteiger partial charge is 0.372 e. The molecule has 4 heterocycles. The molecular formula is C32H38N6O. The quantitative estimate of drug-likeness (QED) is 0.309. The van der Waals surface area contributed by atoms with Crippen molar-refractivity contribution in [3.63, 3.8) is 0 Å². The third kappa shape index (κ3) is 6.68. The summed E-state index contributed by atoms with van der Waals surface area (Å²) in [6, 6.07) is 21.8. The molecule has 7 heteroatoms. The van der Waals surface area contributed by atoms with E-state index in [0.717, 1.165) is 53.3 Å². The minimum atomic E-state index is -1.12. The van der Waals surface area contributed by atoms with Crippen molar-refractivity contribution in [2.75, 3.05) is 25.5 Å². The smallest absolute Gasteiger partial charge is 0.130 e. The molecule has 0 bridgehead atoms. The summed E-state index contributed by atoms with van der Waals surface area (Å²) in [7, 11) is 2.22. The fourth-order valence-electron chi connectivity index (χ4n) is 5.18. The molecule has 2 atom stereocenters. The first-order chi connectivity index (χ1) is 18.6. The maximum Gasteiger partial charge on any atom is 0.130 e. The van der Waals surface area contributed by atoms with Gasteiger partial charge in [-0.15, -0.1) is 0 Å². The lowest BCUT2D eigenvalue weighted by Gasteiger charge is -2.42. The van der Waals surface area contributed by atoms with E-state index >= 15 is 0 Å². The number of hydrogen-bond acceptors (Lipinski definition) is 7. The third-order valence-corrected chi connectivity index (χ3v) is 7.39. The van der Waals surface area contributed by atoms with Crippen molar-refractivity contribution in [2.45, 2.75) is 52.0 Å². The molecule has 2 unspecified atom stereocenters. The molecule has 39 heavy (non-hydrogen) atoms. The highest BCUT2D eigenvalue weighted by Gasteiger charge is 2.26. The topological polar surface area (TPSA) is 77.4 Å². The second-order valence-corrected chi connectivity index (χ2v) is 11.2. The van der Waals surface area contributed by atoms with Gasteiger partial charge < -0.3 is 10.4 Å². The molecule has 1 aliphatic rings. The Bertz CT molecular complexity index is 1390. The first-order valence-corrected chi connectivity index (χ1v) is 13.6. The van der Waals surface area contributed by atoms with Gasteiger partial charge in [-0.1, -0.05) is 30.3 Å². The van der Waals surface area contributed by atoms with Crippen molar-refractivity contribution in [2.24, 2.45) is 0 Å². The Morgan fingerprint density at radius 3 is 2.21 bits per heavy atom. The Balaban J connectivity index is 1.40. The predicted molar refractivity (Wildman–Crippen MR) is 158 cm³/mol. The van der Waals surface area contributed by atoms with Crippen LogP contribution in [-0.4, -0.2) is 67.8 Å². The average Bonchev–Trinajstić information content (AvgIpc) is 2.91. The van der Waals surface area contributed by atoms with Crippen LogP contribution >= 0.6 is 0 Å². The standard InChI is InChI=1S/C32H38N6O/c1-22-19-38(20-23(2)37(22)5)21-24-9-11-25(12-10-24)27-14-28(18-33-17-27)26-15-30(29-8-6-7-13-34-29)35-31(16-26)36-32(3,4)39/h6-18,22-23,39H,19-21H2,1-5H3,(H,35,36). The van der Waals surface area contributed by atoms with E-state index in [0.29, 0.717) is 17.9 Å². The zero-order valence-corrected chi connectivity index (χ0v) is 23.5. The molecule has 1 fully saturated rings. The van der Waals surface area contributed by atoms with E-state index in [9.17, 15) is 5.11 Å². The number of pyridine rings is 3. The first kappa shape index (κ1) is 26.9. The Morgan fingerprint density at radius 1 is 0.872 bits per heavy atom. The Morgan fingerprint density at radius 2 is 1.56 bits per heavy atom. The summed E-state index contributed by atoms with van der Waals surface area (Å²) in [4.78, 5) is 18.8. The fraction of sp³-hybridized carbons (Fsp3) is 0.344. The van der Waals surface area contributed by atoms with E-state index in [1.54, 1.807) is 20.0 Å². The van der Waals surface area contributed by atoms with Crippen molar-refractivity contribution < 1.29 is 5.11 Å². The monoisotopic (exact) mass is 522 g/mol. The molecule has 3 aromatic heterocycles. The molecule has 1 aliphatic heterocycles. The van der Waals surface area contributed by atoms with E-state index in [-0.39, 0.29) is 0 Å². The summed E-state index contributed by atoms with van der Waals surface area (Å²) >= 11 is 0. The molecule has 0 radical (unpaired) electrons. The van der Waals surface area contributed by atoms with E-state index in [1.165, 1.54) is 5.56 Å². The molecule has 0 amide bonds. The lowest BCUT2D eigenvalue weighted by atomic mass is 10.00. The van der Waals surface area contributed by atoms with Gasteiger partial charge in [0.2, 0.25) is 0 Å². The summed E-state index contributed by atoms with van der Waals surface area (Å²) < 4.78 is 0. The lowest BCUT2D eigenvalue weighted by molar-refractivity contribution is 0.0556. The molecule has 2 N–H and O–H groups in total. The van der Waals surface area contributed by atoms with Gasteiger partial charge in [-0.05, 0) is 81.8 Å². The van der Waals surface area contributed by atoms with Crippen LogP contribution in [0.3, 0.4) is 0 Å². The van der Waals surface area contributed by atoms with Crippen molar-refractivity contribution in [3.05, 3.63) is 84.8 Å². The molecule has 0 aliphatic carbocycles. The summed E-state index contributed by atoms with van der Waals surface area (Å²) in [5.41, 5.74) is 5.79. The summed E-state index contributed by atoms with van der Waals surface area (Å²) in [6.07, 6.45) is 5.52. The van der Waals surface area contributed by atoms with Gasteiger partial charge >= 0.3 is 0 Å². The van der Waals surface area contributed by atoms with Crippen LogP contribution in [-0.2, 0) is 6.54 Å². The summed E-state index contributed by atoms with van der Waals surface area (Å²) in [5, 5.41) is 13.5. The van der Waals surface area contributed by atoms with Gasteiger partial charge in [0.05, 0.1) is 11.4 Å². The molecule has 0 spiro atoms. The van der Waals surface area contributed by atoms with Crippen LogP contribution in [0.15, 0.2) is 79.3 Å². The van der Waals surface area contributed by atoms with Crippen molar-refractivity contribution in [1.29, 1.82) is 0 Å². The SMILES string of the molecule is CC1CN(Cc2ccc(-c3cncc(-c4cc(NC(C)(C)O)nc(-c5ccccn5)c4)c3)cc2)CC(C)N1C. The number of piperazine rings is 1. The average molecular weight is 523 g/mol. The van der Waals surface area contributed by atoms with Crippen LogP contribution in [0.1, 0.15) is 33.3 Å². The van der Waals surface area contributed by atoms with Crippen LogP contribution in [0, 0.1) is 0 Å². The first-order valence-electron chi connectivity index (χ1n) is 13.6. The van der Waals surface area contributed by atoms with Gasteiger partial charge in [-0.2, -0.15) is 0 Å². The maximum atomic E-state index is 10.4. The molecule has 4 aromatic rings. The van der Waals surface area contributed by atoms with Crippen LogP contribution in [0.5, 0.6) is 0 Å². The maximum absolute atomic E-state index is 10.4. The summed E-state index contributed by atoms with van der Waals surface area (Å²) in [6.45, 7) is 11.1. The number of likely N-dealkylation sites (N-methyl/N-ethyl adjacent to an activating group) is 1. The highest BCUT2D eigenvalue weighted by Crippen LogP contribution is 2.30. The zero-order chi connectivity index (χ0) is 27.6. The van der Waals surface area contributed by atoms with E-state index in [1.807, 2.05) is 42.7 Å². The Labute approximate surface area is 231 Å². The number of anilines is 1. The highest BCUT2D eigenvalue weighted by atomic mass is 16.3. The van der Waals surface area contributed by atoms with Crippen molar-refractivity contribution >= 4 is 5.82 Å². The molecular weight excluding hydrogens is 484 g/mol. The lowest BCUT2D eigenvalue weighted by Crippen LogP contribution is -2.54. The number of hydrogen-bond donors (Lipinski definition) is 2. The van der Waals surface area contributed by atoms with Gasteiger partial charge in [0.15, 0.2) is 0 Å². The van der Waals surface area contributed by atoms with Gasteiger partial charge in [-0.25, -0.2) is 4.98 Å². The van der Waals surface area contributed by atoms with Gasteiger partial charge in [0.25, 0.3) is 0 Å². The molecule has 1 saturated heterocycles. The number of benzene rings is 1. The number of nitrogens with one attached hydrogen (secondary N) is 1. The predicted octanol–water partition coefficient (Wildman–Crippen LogP) is 5.54. The van der Waals surface area contributed by atoms with E-state index in [2.05, 4.69) is 76.3 Å². The van der Waals surface area contributed by atoms with E-state index in [4.69, 9.17) is 4.98 Å². The minimum Gasteiger partial charge on any atom is -0.372 e. The number of aliphatic hydroxyl groups is 1. The van der Waals surface area contributed by atoms with Crippen molar-refractivity contribution in [3.8, 4) is 33.6 Å². The summed E-state index contributed by atoms with van der Waals surface area (Å²) in [5.74, 6) is 0.572. The fourth-order valence-corrected chi connectivity index (χ4v) is 5.18. The normalized spacial score (nSPS) is 18.7. The third-order valence-electron chi connectivity index (χ3n) is 7.39. The second-order valence-electron chi connectivity index (χ2n) is 11.2. The minimum absolute atomic E-state index is 0.562. The van der Waals surface area contributed by atoms with Gasteiger partial charge in [0.1, 0.15) is 11.5 Å². The highest BCUT2D eigenvalue weighted by molar-refractivity contribution is 5.76. The molecule has 0 saturated carbocycles. The Hall–Kier alpha value is -3.65. The van der Waals surface area contributed by atoms with Crippen LogP contribution in [0.25, 0.3) is 33.6 Å². The number of nitrogens with zero attached hydrogens (tertiary/aromatic N) is 5. The molecule has 202 valence electrons. The van der Waals surface area contributed by atoms with Crippen LogP contribution < -0.4 is 5.32 Å². The second kappa shape index (κ2) is 11.2. The van der Waals surface area contributed by atoms with Gasteiger partial charge in [0, 0.05) is 61.4 Å². The number of rotatable bonds is 7. The van der Waals surface area contributed by atoms with E-state index < -0.39 is 5.72 Å². The molecule has 1 aromatic carbocycles.